The van der Waals surface area contributed by atoms with E-state index in [0.29, 0.717) is 31.4 Å². The van der Waals surface area contributed by atoms with Gasteiger partial charge in [0.1, 0.15) is 5.75 Å². The maximum atomic E-state index is 13.3. The quantitative estimate of drug-likeness (QED) is 0.533. The van der Waals surface area contributed by atoms with E-state index in [1.165, 1.54) is 0 Å². The molecule has 0 aliphatic heterocycles. The zero-order valence-corrected chi connectivity index (χ0v) is 18.3. The Bertz CT molecular complexity index is 1080. The van der Waals surface area contributed by atoms with Crippen molar-refractivity contribution in [2.45, 2.75) is 37.7 Å². The molecular formula is C27H27NO5. The zero-order valence-electron chi connectivity index (χ0n) is 18.3. The van der Waals surface area contributed by atoms with Crippen molar-refractivity contribution in [3.8, 4) is 5.75 Å². The summed E-state index contributed by atoms with van der Waals surface area (Å²) >= 11 is 0. The van der Waals surface area contributed by atoms with Gasteiger partial charge in [-0.05, 0) is 60.7 Å². The van der Waals surface area contributed by atoms with Crippen LogP contribution >= 0.6 is 0 Å². The molecule has 1 amide bonds. The first-order valence-corrected chi connectivity index (χ1v) is 11.1. The molecule has 0 spiro atoms. The van der Waals surface area contributed by atoms with Gasteiger partial charge in [-0.2, -0.15) is 0 Å². The number of carboxylic acid groups (broad SMARTS) is 1. The third-order valence-electron chi connectivity index (χ3n) is 6.02. The number of carbonyl (C=O) groups is 2. The van der Waals surface area contributed by atoms with Crippen molar-refractivity contribution in [1.29, 1.82) is 0 Å². The summed E-state index contributed by atoms with van der Waals surface area (Å²) in [4.78, 5) is 25.9. The maximum absolute atomic E-state index is 13.3. The second-order valence-corrected chi connectivity index (χ2v) is 8.38. The Labute approximate surface area is 193 Å². The Morgan fingerprint density at radius 3 is 2.15 bits per heavy atom. The highest BCUT2D eigenvalue weighted by atomic mass is 16.5. The van der Waals surface area contributed by atoms with Crippen LogP contribution in [0.5, 0.6) is 5.75 Å². The molecule has 6 nitrogen and oxygen atoms in total. The van der Waals surface area contributed by atoms with E-state index in [-0.39, 0.29) is 12.3 Å². The Balaban J connectivity index is 1.48. The summed E-state index contributed by atoms with van der Waals surface area (Å²) < 4.78 is 5.42. The predicted molar refractivity (Wildman–Crippen MR) is 126 cm³/mol. The second kappa shape index (κ2) is 9.88. The third-order valence-corrected chi connectivity index (χ3v) is 6.02. The Hall–Kier alpha value is -3.64. The van der Waals surface area contributed by atoms with E-state index in [2.05, 4.69) is 0 Å². The minimum Gasteiger partial charge on any atom is -0.482 e. The van der Waals surface area contributed by atoms with E-state index in [0.717, 1.165) is 22.5 Å². The number of amides is 1. The van der Waals surface area contributed by atoms with Crippen LogP contribution in [-0.2, 0) is 22.4 Å². The van der Waals surface area contributed by atoms with Gasteiger partial charge in [0.15, 0.2) is 6.61 Å². The molecule has 2 N–H and O–H groups in total. The summed E-state index contributed by atoms with van der Waals surface area (Å²) in [6, 6.07) is 24.5. The van der Waals surface area contributed by atoms with E-state index in [1.54, 1.807) is 17.0 Å². The van der Waals surface area contributed by atoms with Crippen LogP contribution in [0.1, 0.15) is 30.4 Å². The van der Waals surface area contributed by atoms with Crippen LogP contribution in [0.15, 0.2) is 78.9 Å². The summed E-state index contributed by atoms with van der Waals surface area (Å²) in [5.41, 5.74) is 2.43. The van der Waals surface area contributed by atoms with Crippen LogP contribution in [0, 0.1) is 0 Å². The summed E-state index contributed by atoms with van der Waals surface area (Å²) in [5.74, 6) is -0.558. The van der Waals surface area contributed by atoms with E-state index >= 15 is 0 Å². The lowest BCUT2D eigenvalue weighted by atomic mass is 9.77. The molecule has 0 saturated heterocycles. The minimum atomic E-state index is -1.03. The minimum absolute atomic E-state index is 0.0786. The molecule has 4 rings (SSSR count). The molecule has 0 unspecified atom stereocenters. The molecule has 6 heteroatoms. The number of benzene rings is 3. The average molecular weight is 446 g/mol. The smallest absolute Gasteiger partial charge is 0.341 e. The lowest BCUT2D eigenvalue weighted by Gasteiger charge is -2.35. The Morgan fingerprint density at radius 2 is 1.55 bits per heavy atom. The van der Waals surface area contributed by atoms with Crippen LogP contribution < -0.4 is 9.64 Å². The number of rotatable bonds is 8. The van der Waals surface area contributed by atoms with E-state index in [9.17, 15) is 14.7 Å². The molecular weight excluding hydrogens is 418 g/mol. The highest BCUT2D eigenvalue weighted by Gasteiger charge is 2.34. The topological polar surface area (TPSA) is 87.1 Å². The Morgan fingerprint density at radius 1 is 0.909 bits per heavy atom. The fraction of sp³-hybridized carbons (Fsp3) is 0.259. The van der Waals surface area contributed by atoms with E-state index in [4.69, 9.17) is 9.84 Å². The van der Waals surface area contributed by atoms with Crippen molar-refractivity contribution < 1.29 is 24.5 Å². The van der Waals surface area contributed by atoms with Crippen LogP contribution in [0.3, 0.4) is 0 Å². The largest absolute Gasteiger partial charge is 0.482 e. The summed E-state index contributed by atoms with van der Waals surface area (Å²) in [5, 5.41) is 20.2. The van der Waals surface area contributed by atoms with Crippen molar-refractivity contribution in [3.05, 3.63) is 90.0 Å². The monoisotopic (exact) mass is 445 g/mol. The molecule has 1 atom stereocenters. The van der Waals surface area contributed by atoms with E-state index in [1.807, 2.05) is 66.7 Å². The average Bonchev–Trinajstić information content (AvgIpc) is 2.83. The molecule has 170 valence electrons. The van der Waals surface area contributed by atoms with Crippen molar-refractivity contribution in [1.82, 2.24) is 0 Å². The van der Waals surface area contributed by atoms with Gasteiger partial charge in [0, 0.05) is 24.2 Å². The van der Waals surface area contributed by atoms with Crippen LogP contribution in [0.4, 0.5) is 11.4 Å². The number of fused-ring (bicyclic) bond motifs is 1. The van der Waals surface area contributed by atoms with Gasteiger partial charge >= 0.3 is 5.97 Å². The van der Waals surface area contributed by atoms with Gasteiger partial charge < -0.3 is 14.9 Å². The molecule has 0 radical (unpaired) electrons. The SMILES string of the molecule is O=C(O)COc1cccc2c1CC[C@](O)(CCC(=O)N(c1ccccc1)c1ccccc1)C2. The third kappa shape index (κ3) is 5.41. The molecule has 3 aromatic rings. The molecule has 1 aliphatic carbocycles. The van der Waals surface area contributed by atoms with Crippen molar-refractivity contribution >= 4 is 23.3 Å². The highest BCUT2D eigenvalue weighted by molar-refractivity contribution is 6.00. The molecule has 0 aromatic heterocycles. The number of carboxylic acids is 1. The fourth-order valence-corrected chi connectivity index (χ4v) is 4.39. The number of nitrogens with zero attached hydrogens (tertiary/aromatic N) is 1. The number of aliphatic carboxylic acids is 1. The van der Waals surface area contributed by atoms with Gasteiger partial charge in [-0.3, -0.25) is 9.69 Å². The maximum Gasteiger partial charge on any atom is 0.341 e. The van der Waals surface area contributed by atoms with Gasteiger partial charge in [0.05, 0.1) is 5.60 Å². The lowest BCUT2D eigenvalue weighted by Crippen LogP contribution is -2.38. The molecule has 0 bridgehead atoms. The second-order valence-electron chi connectivity index (χ2n) is 8.38. The first-order valence-electron chi connectivity index (χ1n) is 11.1. The van der Waals surface area contributed by atoms with Crippen molar-refractivity contribution in [3.63, 3.8) is 0 Å². The van der Waals surface area contributed by atoms with Gasteiger partial charge in [-0.25, -0.2) is 4.79 Å². The van der Waals surface area contributed by atoms with Crippen LogP contribution in [-0.4, -0.2) is 34.3 Å². The predicted octanol–water partition coefficient (Wildman–Crippen LogP) is 4.51. The number of carbonyl (C=O) groups excluding carboxylic acids is 1. The highest BCUT2D eigenvalue weighted by Crippen LogP contribution is 2.37. The van der Waals surface area contributed by atoms with Gasteiger partial charge in [-0.1, -0.05) is 48.5 Å². The molecule has 0 fully saturated rings. The number of para-hydroxylation sites is 2. The number of ether oxygens (including phenoxy) is 1. The molecule has 3 aromatic carbocycles. The number of hydrogen-bond acceptors (Lipinski definition) is 4. The van der Waals surface area contributed by atoms with Crippen molar-refractivity contribution in [2.24, 2.45) is 0 Å². The molecule has 0 saturated carbocycles. The lowest BCUT2D eigenvalue weighted by molar-refractivity contribution is -0.139. The molecule has 33 heavy (non-hydrogen) atoms. The number of hydrogen-bond donors (Lipinski definition) is 2. The fourth-order valence-electron chi connectivity index (χ4n) is 4.39. The summed E-state index contributed by atoms with van der Waals surface area (Å²) in [6.07, 6.45) is 1.98. The van der Waals surface area contributed by atoms with Gasteiger partial charge in [0.2, 0.25) is 5.91 Å². The van der Waals surface area contributed by atoms with Gasteiger partial charge in [0.25, 0.3) is 0 Å². The number of anilines is 2. The van der Waals surface area contributed by atoms with Crippen LogP contribution in [0.2, 0.25) is 0 Å². The van der Waals surface area contributed by atoms with Gasteiger partial charge in [-0.15, -0.1) is 0 Å². The molecule has 0 heterocycles. The Kier molecular flexibility index (Phi) is 6.75. The summed E-state index contributed by atoms with van der Waals surface area (Å²) in [6.45, 7) is -0.399. The summed E-state index contributed by atoms with van der Waals surface area (Å²) in [7, 11) is 0. The number of aliphatic hydroxyl groups is 1. The molecule has 1 aliphatic rings. The first-order chi connectivity index (χ1) is 16.0. The van der Waals surface area contributed by atoms with Crippen LogP contribution in [0.25, 0.3) is 0 Å². The standard InChI is InChI=1S/C27H27NO5/c29-25(28(21-9-3-1-4-10-21)22-11-5-2-6-12-22)15-17-27(32)16-14-23-20(18-27)8-7-13-24(23)33-19-26(30)31/h1-13,32H,14-19H2,(H,30,31)/t27-/m0/s1. The van der Waals surface area contributed by atoms with Crippen molar-refractivity contribution in [2.75, 3.05) is 11.5 Å². The van der Waals surface area contributed by atoms with E-state index < -0.39 is 18.2 Å². The zero-order chi connectivity index (χ0) is 23.3. The normalized spacial score (nSPS) is 17.1. The first kappa shape index (κ1) is 22.6.